The lowest BCUT2D eigenvalue weighted by atomic mass is 10.1. The normalized spacial score (nSPS) is 15.7. The number of anilines is 1. The summed E-state index contributed by atoms with van der Waals surface area (Å²) in [7, 11) is -1.95. The number of rotatable bonds is 4. The second-order valence-corrected chi connectivity index (χ2v) is 9.03. The topological polar surface area (TPSA) is 49.9 Å². The van der Waals surface area contributed by atoms with Gasteiger partial charge in [-0.1, -0.05) is 48.0 Å². The van der Waals surface area contributed by atoms with E-state index in [-0.39, 0.29) is 0 Å². The Kier molecular flexibility index (Phi) is 5.19. The van der Waals surface area contributed by atoms with Gasteiger partial charge in [-0.3, -0.25) is 0 Å². The van der Waals surface area contributed by atoms with Crippen molar-refractivity contribution in [1.29, 1.82) is 0 Å². The van der Waals surface area contributed by atoms with E-state index in [9.17, 15) is 8.42 Å². The molecule has 0 aliphatic carbocycles. The van der Waals surface area contributed by atoms with Gasteiger partial charge < -0.3 is 9.64 Å². The smallest absolute Gasteiger partial charge is 0.243 e. The van der Waals surface area contributed by atoms with Gasteiger partial charge in [0.15, 0.2) is 0 Å². The van der Waals surface area contributed by atoms with Crippen LogP contribution in [0.1, 0.15) is 0 Å². The standard InChI is InChI=1S/C21H21ClN2O3S/c1-27-20-10-9-17(22)15-19(20)23-11-13-24(14-12-23)28(25,26)21-8-4-6-16-5-2-3-7-18(16)21/h2-10,15H,11-14H2,1H3. The van der Waals surface area contributed by atoms with Gasteiger partial charge in [-0.05, 0) is 29.7 Å². The molecule has 7 heteroatoms. The van der Waals surface area contributed by atoms with E-state index in [1.165, 1.54) is 0 Å². The fourth-order valence-corrected chi connectivity index (χ4v) is 5.44. The van der Waals surface area contributed by atoms with Gasteiger partial charge in [0.05, 0.1) is 17.7 Å². The van der Waals surface area contributed by atoms with E-state index in [1.807, 2.05) is 42.5 Å². The molecule has 1 heterocycles. The van der Waals surface area contributed by atoms with Crippen molar-refractivity contribution >= 4 is 38.1 Å². The summed E-state index contributed by atoms with van der Waals surface area (Å²) in [5.74, 6) is 0.731. The van der Waals surface area contributed by atoms with E-state index < -0.39 is 10.0 Å². The SMILES string of the molecule is COc1ccc(Cl)cc1N1CCN(S(=O)(=O)c2cccc3ccccc23)CC1. The molecule has 0 saturated carbocycles. The molecule has 0 N–H and O–H groups in total. The van der Waals surface area contributed by atoms with Gasteiger partial charge in [0.25, 0.3) is 0 Å². The summed E-state index contributed by atoms with van der Waals surface area (Å²) >= 11 is 6.14. The van der Waals surface area contributed by atoms with E-state index >= 15 is 0 Å². The molecular weight excluding hydrogens is 396 g/mol. The van der Waals surface area contributed by atoms with Crippen molar-refractivity contribution in [2.45, 2.75) is 4.90 Å². The summed E-state index contributed by atoms with van der Waals surface area (Å²) in [6, 6.07) is 18.4. The fraction of sp³-hybridized carbons (Fsp3) is 0.238. The predicted octanol–water partition coefficient (Wildman–Crippen LogP) is 4.01. The maximum atomic E-state index is 13.3. The van der Waals surface area contributed by atoms with Crippen molar-refractivity contribution in [3.63, 3.8) is 0 Å². The molecule has 0 bridgehead atoms. The van der Waals surface area contributed by atoms with Crippen LogP contribution < -0.4 is 9.64 Å². The summed E-state index contributed by atoms with van der Waals surface area (Å²) in [4.78, 5) is 2.47. The number of methoxy groups -OCH3 is 1. The Hall–Kier alpha value is -2.28. The average molecular weight is 417 g/mol. The number of hydrogen-bond donors (Lipinski definition) is 0. The zero-order chi connectivity index (χ0) is 19.7. The number of piperazine rings is 1. The Bertz CT molecular complexity index is 1100. The molecule has 3 aromatic carbocycles. The summed E-state index contributed by atoms with van der Waals surface area (Å²) in [5, 5.41) is 2.30. The zero-order valence-corrected chi connectivity index (χ0v) is 17.1. The van der Waals surface area contributed by atoms with Crippen LogP contribution in [0.3, 0.4) is 0 Å². The average Bonchev–Trinajstić information content (AvgIpc) is 2.73. The van der Waals surface area contributed by atoms with Crippen molar-refractivity contribution < 1.29 is 13.2 Å². The number of sulfonamides is 1. The van der Waals surface area contributed by atoms with Gasteiger partial charge >= 0.3 is 0 Å². The van der Waals surface area contributed by atoms with Gasteiger partial charge in [0.1, 0.15) is 5.75 Å². The van der Waals surface area contributed by atoms with Crippen molar-refractivity contribution in [3.8, 4) is 5.75 Å². The Morgan fingerprint density at radius 1 is 0.929 bits per heavy atom. The molecule has 0 atom stereocenters. The highest BCUT2D eigenvalue weighted by Crippen LogP contribution is 2.33. The first-order valence-corrected chi connectivity index (χ1v) is 10.9. The third-order valence-corrected chi connectivity index (χ3v) is 7.28. The Morgan fingerprint density at radius 2 is 1.64 bits per heavy atom. The van der Waals surface area contributed by atoms with Gasteiger partial charge in [-0.2, -0.15) is 4.31 Å². The third-order valence-electron chi connectivity index (χ3n) is 5.09. The van der Waals surface area contributed by atoms with Crippen LogP contribution in [-0.2, 0) is 10.0 Å². The monoisotopic (exact) mass is 416 g/mol. The molecule has 146 valence electrons. The number of fused-ring (bicyclic) bond motifs is 1. The van der Waals surface area contributed by atoms with Gasteiger partial charge in [-0.25, -0.2) is 8.42 Å². The number of hydrogen-bond acceptors (Lipinski definition) is 4. The van der Waals surface area contributed by atoms with E-state index in [4.69, 9.17) is 16.3 Å². The van der Waals surface area contributed by atoms with Crippen LogP contribution in [0.2, 0.25) is 5.02 Å². The molecule has 0 radical (unpaired) electrons. The van der Waals surface area contributed by atoms with E-state index in [0.29, 0.717) is 36.1 Å². The van der Waals surface area contributed by atoms with E-state index in [0.717, 1.165) is 22.2 Å². The van der Waals surface area contributed by atoms with Crippen LogP contribution >= 0.6 is 11.6 Å². The molecule has 4 rings (SSSR count). The number of benzene rings is 3. The largest absolute Gasteiger partial charge is 0.495 e. The fourth-order valence-electron chi connectivity index (χ4n) is 3.64. The first-order chi connectivity index (χ1) is 13.5. The van der Waals surface area contributed by atoms with E-state index in [2.05, 4.69) is 4.90 Å². The highest BCUT2D eigenvalue weighted by molar-refractivity contribution is 7.89. The maximum Gasteiger partial charge on any atom is 0.243 e. The molecule has 28 heavy (non-hydrogen) atoms. The van der Waals surface area contributed by atoms with E-state index in [1.54, 1.807) is 29.6 Å². The minimum Gasteiger partial charge on any atom is -0.495 e. The number of halogens is 1. The van der Waals surface area contributed by atoms with Crippen LogP contribution in [0, 0.1) is 0 Å². The molecule has 1 aliphatic heterocycles. The Labute approximate surface area is 170 Å². The van der Waals surface area contributed by atoms with Gasteiger partial charge in [-0.15, -0.1) is 0 Å². The molecule has 1 fully saturated rings. The Balaban J connectivity index is 1.59. The van der Waals surface area contributed by atoms with Crippen LogP contribution in [-0.4, -0.2) is 46.0 Å². The number of ether oxygens (including phenoxy) is 1. The van der Waals surface area contributed by atoms with Crippen LogP contribution in [0.15, 0.2) is 65.6 Å². The minimum absolute atomic E-state index is 0.361. The molecule has 0 amide bonds. The molecule has 0 spiro atoms. The predicted molar refractivity (Wildman–Crippen MR) is 113 cm³/mol. The lowest BCUT2D eigenvalue weighted by Crippen LogP contribution is -2.48. The molecule has 1 saturated heterocycles. The molecular formula is C21H21ClN2O3S. The Morgan fingerprint density at radius 3 is 2.39 bits per heavy atom. The lowest BCUT2D eigenvalue weighted by molar-refractivity contribution is 0.378. The quantitative estimate of drug-likeness (QED) is 0.644. The molecule has 0 aromatic heterocycles. The number of nitrogens with zero attached hydrogens (tertiary/aromatic N) is 2. The third kappa shape index (κ3) is 3.43. The zero-order valence-electron chi connectivity index (χ0n) is 15.5. The minimum atomic E-state index is -3.57. The first-order valence-electron chi connectivity index (χ1n) is 9.07. The summed E-state index contributed by atoms with van der Waals surface area (Å²) in [5.41, 5.74) is 0.886. The van der Waals surface area contributed by atoms with Crippen molar-refractivity contribution in [3.05, 3.63) is 65.7 Å². The van der Waals surface area contributed by atoms with Gasteiger partial charge in [0.2, 0.25) is 10.0 Å². The highest BCUT2D eigenvalue weighted by atomic mass is 35.5. The second kappa shape index (κ2) is 7.62. The lowest BCUT2D eigenvalue weighted by Gasteiger charge is -2.36. The molecule has 0 unspecified atom stereocenters. The summed E-state index contributed by atoms with van der Waals surface area (Å²) < 4.78 is 33.6. The van der Waals surface area contributed by atoms with Gasteiger partial charge in [0, 0.05) is 36.6 Å². The van der Waals surface area contributed by atoms with Crippen LogP contribution in [0.25, 0.3) is 10.8 Å². The highest BCUT2D eigenvalue weighted by Gasteiger charge is 2.30. The molecule has 5 nitrogen and oxygen atoms in total. The summed E-state index contributed by atoms with van der Waals surface area (Å²) in [6.07, 6.45) is 0. The second-order valence-electron chi connectivity index (χ2n) is 6.68. The van der Waals surface area contributed by atoms with Crippen molar-refractivity contribution in [2.75, 3.05) is 38.2 Å². The van der Waals surface area contributed by atoms with Crippen molar-refractivity contribution in [1.82, 2.24) is 4.31 Å². The molecule has 3 aromatic rings. The maximum absolute atomic E-state index is 13.3. The summed E-state index contributed by atoms with van der Waals surface area (Å²) in [6.45, 7) is 1.95. The first kappa shape index (κ1) is 19.1. The van der Waals surface area contributed by atoms with Crippen LogP contribution in [0.5, 0.6) is 5.75 Å². The molecule has 1 aliphatic rings. The van der Waals surface area contributed by atoms with Crippen molar-refractivity contribution in [2.24, 2.45) is 0 Å². The van der Waals surface area contributed by atoms with Crippen LogP contribution in [0.4, 0.5) is 5.69 Å².